The van der Waals surface area contributed by atoms with Crippen LogP contribution in [0.3, 0.4) is 0 Å². The zero-order valence-electron chi connectivity index (χ0n) is 6.88. The van der Waals surface area contributed by atoms with Crippen LogP contribution in [0.2, 0.25) is 0 Å². The van der Waals surface area contributed by atoms with Gasteiger partial charge in [0.15, 0.2) is 0 Å². The van der Waals surface area contributed by atoms with E-state index in [-0.39, 0.29) is 5.91 Å². The number of hydrogen-bond acceptors (Lipinski definition) is 1. The van der Waals surface area contributed by atoms with E-state index in [1.807, 2.05) is 24.3 Å². The van der Waals surface area contributed by atoms with Crippen LogP contribution in [0.5, 0.6) is 0 Å². The van der Waals surface area contributed by atoms with Gasteiger partial charge in [-0.2, -0.15) is 0 Å². The molecule has 0 spiro atoms. The summed E-state index contributed by atoms with van der Waals surface area (Å²) in [5, 5.41) is 0. The molecule has 0 saturated carbocycles. The fourth-order valence-electron chi connectivity index (χ4n) is 1.55. The van der Waals surface area contributed by atoms with Gasteiger partial charge in [-0.3, -0.25) is 4.79 Å². The van der Waals surface area contributed by atoms with Gasteiger partial charge in [0.1, 0.15) is 0 Å². The summed E-state index contributed by atoms with van der Waals surface area (Å²) in [7, 11) is 0. The Morgan fingerprint density at radius 2 is 2.23 bits per heavy atom. The lowest BCUT2D eigenvalue weighted by Crippen LogP contribution is -2.11. The molecule has 0 aromatic heterocycles. The van der Waals surface area contributed by atoms with E-state index >= 15 is 0 Å². The molecule has 2 N–H and O–H groups in total. The predicted octanol–water partition coefficient (Wildman–Crippen LogP) is 1.87. The van der Waals surface area contributed by atoms with Gasteiger partial charge in [0, 0.05) is 10.0 Å². The van der Waals surface area contributed by atoms with Crippen molar-refractivity contribution in [2.24, 2.45) is 5.73 Å². The summed E-state index contributed by atoms with van der Waals surface area (Å²) in [5.41, 5.74) is 8.00. The lowest BCUT2D eigenvalue weighted by Gasteiger charge is -2.01. The van der Waals surface area contributed by atoms with Crippen molar-refractivity contribution in [1.29, 1.82) is 0 Å². The third-order valence-electron chi connectivity index (χ3n) is 2.15. The lowest BCUT2D eigenvalue weighted by atomic mass is 10.1. The van der Waals surface area contributed by atoms with Gasteiger partial charge in [-0.1, -0.05) is 28.1 Å². The Morgan fingerprint density at radius 3 is 2.92 bits per heavy atom. The number of carbonyl (C=O) groups is 1. The zero-order chi connectivity index (χ0) is 9.42. The monoisotopic (exact) mass is 237 g/mol. The van der Waals surface area contributed by atoms with Gasteiger partial charge in [0.05, 0.1) is 0 Å². The van der Waals surface area contributed by atoms with Crippen molar-refractivity contribution in [2.45, 2.75) is 6.42 Å². The Bertz CT molecular complexity index is 409. The maximum atomic E-state index is 11.0. The maximum absolute atomic E-state index is 11.0. The highest BCUT2D eigenvalue weighted by Crippen LogP contribution is 2.29. The van der Waals surface area contributed by atoms with Crippen LogP contribution in [0.4, 0.5) is 0 Å². The molecule has 66 valence electrons. The number of rotatable bonds is 1. The summed E-state index contributed by atoms with van der Waals surface area (Å²) in [6.45, 7) is 0. The van der Waals surface area contributed by atoms with E-state index in [4.69, 9.17) is 5.73 Å². The molecule has 1 aliphatic rings. The summed E-state index contributed by atoms with van der Waals surface area (Å²) in [5.74, 6) is -0.346. The van der Waals surface area contributed by atoms with E-state index in [2.05, 4.69) is 15.9 Å². The molecule has 0 atom stereocenters. The first-order valence-electron chi connectivity index (χ1n) is 3.97. The average Bonchev–Trinajstić information content (AvgIpc) is 2.46. The van der Waals surface area contributed by atoms with Crippen molar-refractivity contribution >= 4 is 27.4 Å². The molecule has 1 aliphatic carbocycles. The molecule has 1 amide bonds. The molecule has 13 heavy (non-hydrogen) atoms. The number of fused-ring (bicyclic) bond motifs is 1. The van der Waals surface area contributed by atoms with E-state index in [1.54, 1.807) is 0 Å². The Balaban J connectivity index is 2.51. The molecule has 2 rings (SSSR count). The second-order valence-corrected chi connectivity index (χ2v) is 3.90. The number of allylic oxidation sites excluding steroid dienone is 1. The van der Waals surface area contributed by atoms with Crippen LogP contribution in [0.25, 0.3) is 5.57 Å². The van der Waals surface area contributed by atoms with Gasteiger partial charge >= 0.3 is 0 Å². The summed E-state index contributed by atoms with van der Waals surface area (Å²) in [6, 6.07) is 5.85. The van der Waals surface area contributed by atoms with Gasteiger partial charge in [-0.05, 0) is 29.7 Å². The van der Waals surface area contributed by atoms with Crippen molar-refractivity contribution in [3.05, 3.63) is 39.9 Å². The fraction of sp³-hybridized carbons (Fsp3) is 0.100. The summed E-state index contributed by atoms with van der Waals surface area (Å²) >= 11 is 3.38. The summed E-state index contributed by atoms with van der Waals surface area (Å²) in [4.78, 5) is 11.0. The van der Waals surface area contributed by atoms with E-state index in [0.717, 1.165) is 22.0 Å². The predicted molar refractivity (Wildman–Crippen MR) is 55.0 cm³/mol. The van der Waals surface area contributed by atoms with Crippen molar-refractivity contribution in [3.63, 3.8) is 0 Å². The maximum Gasteiger partial charge on any atom is 0.249 e. The van der Waals surface area contributed by atoms with Crippen LogP contribution < -0.4 is 5.73 Å². The van der Waals surface area contributed by atoms with Gasteiger partial charge < -0.3 is 5.73 Å². The van der Waals surface area contributed by atoms with Crippen LogP contribution in [0.15, 0.2) is 28.7 Å². The highest BCUT2D eigenvalue weighted by Gasteiger charge is 2.17. The minimum atomic E-state index is -0.346. The van der Waals surface area contributed by atoms with Crippen LogP contribution in [0, 0.1) is 0 Å². The van der Waals surface area contributed by atoms with Crippen LogP contribution >= 0.6 is 15.9 Å². The van der Waals surface area contributed by atoms with E-state index in [1.165, 1.54) is 0 Å². The first-order valence-corrected chi connectivity index (χ1v) is 4.76. The molecule has 0 unspecified atom stereocenters. The van der Waals surface area contributed by atoms with Crippen molar-refractivity contribution in [1.82, 2.24) is 0 Å². The van der Waals surface area contributed by atoms with Gasteiger partial charge in [0.25, 0.3) is 0 Å². The number of amides is 1. The molecule has 0 saturated heterocycles. The summed E-state index contributed by atoms with van der Waals surface area (Å²) < 4.78 is 1.03. The molecule has 1 aromatic rings. The molecular formula is C10H8BrNO. The minimum Gasteiger partial charge on any atom is -0.366 e. The van der Waals surface area contributed by atoms with Crippen molar-refractivity contribution in [3.8, 4) is 0 Å². The Hall–Kier alpha value is -1.09. The number of carbonyl (C=O) groups excluding carboxylic acids is 1. The van der Waals surface area contributed by atoms with Gasteiger partial charge in [-0.15, -0.1) is 0 Å². The van der Waals surface area contributed by atoms with E-state index < -0.39 is 0 Å². The van der Waals surface area contributed by atoms with Crippen LogP contribution in [-0.4, -0.2) is 5.91 Å². The Labute approximate surface area is 84.6 Å². The Morgan fingerprint density at radius 1 is 1.46 bits per heavy atom. The number of benzene rings is 1. The molecular weight excluding hydrogens is 230 g/mol. The first-order chi connectivity index (χ1) is 6.18. The average molecular weight is 238 g/mol. The van der Waals surface area contributed by atoms with E-state index in [9.17, 15) is 4.79 Å². The third-order valence-corrected chi connectivity index (χ3v) is 2.64. The quantitative estimate of drug-likeness (QED) is 0.797. The first kappa shape index (κ1) is 8.51. The van der Waals surface area contributed by atoms with Crippen LogP contribution in [-0.2, 0) is 11.2 Å². The van der Waals surface area contributed by atoms with Crippen molar-refractivity contribution in [2.75, 3.05) is 0 Å². The largest absolute Gasteiger partial charge is 0.366 e. The fourth-order valence-corrected chi connectivity index (χ4v) is 1.96. The van der Waals surface area contributed by atoms with Crippen molar-refractivity contribution < 1.29 is 4.79 Å². The molecule has 1 aromatic carbocycles. The second kappa shape index (κ2) is 3.00. The molecule has 0 heterocycles. The Kier molecular flexibility index (Phi) is 1.96. The molecule has 3 heteroatoms. The molecule has 0 radical (unpaired) electrons. The number of nitrogens with two attached hydrogens (primary N) is 1. The molecule has 2 nitrogen and oxygen atoms in total. The number of halogens is 1. The van der Waals surface area contributed by atoms with E-state index in [0.29, 0.717) is 5.57 Å². The zero-order valence-corrected chi connectivity index (χ0v) is 8.47. The molecule has 0 aliphatic heterocycles. The molecule has 0 fully saturated rings. The third kappa shape index (κ3) is 1.40. The number of primary amides is 1. The normalized spacial score (nSPS) is 13.8. The smallest absolute Gasteiger partial charge is 0.249 e. The SMILES string of the molecule is NC(=O)C1=CCc2cc(Br)ccc21. The minimum absolute atomic E-state index is 0.346. The highest BCUT2D eigenvalue weighted by molar-refractivity contribution is 9.10. The van der Waals surface area contributed by atoms with Gasteiger partial charge in [0.2, 0.25) is 5.91 Å². The van der Waals surface area contributed by atoms with Crippen LogP contribution in [0.1, 0.15) is 11.1 Å². The highest BCUT2D eigenvalue weighted by atomic mass is 79.9. The molecule has 0 bridgehead atoms. The standard InChI is InChI=1S/C10H8BrNO/c11-7-2-4-8-6(5-7)1-3-9(8)10(12)13/h2-5H,1H2,(H2,12,13). The topological polar surface area (TPSA) is 43.1 Å². The summed E-state index contributed by atoms with van der Waals surface area (Å²) in [6.07, 6.45) is 2.67. The van der Waals surface area contributed by atoms with Gasteiger partial charge in [-0.25, -0.2) is 0 Å². The lowest BCUT2D eigenvalue weighted by molar-refractivity contribution is -0.112. The number of hydrogen-bond donors (Lipinski definition) is 1. The second-order valence-electron chi connectivity index (χ2n) is 2.99.